The van der Waals surface area contributed by atoms with Gasteiger partial charge in [0.05, 0.1) is 10.8 Å². The van der Waals surface area contributed by atoms with Gasteiger partial charge in [-0.1, -0.05) is 12.1 Å². The number of alkyl carbamates (subject to hydrolysis) is 1. The quantitative estimate of drug-likeness (QED) is 0.851. The lowest BCUT2D eigenvalue weighted by Gasteiger charge is -2.24. The van der Waals surface area contributed by atoms with Crippen LogP contribution < -0.4 is 11.1 Å². The molecule has 0 heterocycles. The number of hydrogen-bond acceptors (Lipinski definition) is 5. The third kappa shape index (κ3) is 3.70. The number of benzene rings is 1. The second kappa shape index (κ2) is 6.00. The Kier molecular flexibility index (Phi) is 4.67. The standard InChI is InChI=1S/C16H23FN2O4S/c1-15(2,3)23-14(20)19-16(9-18)12(13(16)24(4,21)22)10-6-5-7-11(17)8-10/h5-8,12-13H,9,18H2,1-4H3,(H,19,20)/t12-,13+,16+/m0/s1. The highest BCUT2D eigenvalue weighted by Crippen LogP contribution is 2.55. The predicted octanol–water partition coefficient (Wildman–Crippen LogP) is 1.56. The van der Waals surface area contributed by atoms with Gasteiger partial charge in [0.25, 0.3) is 0 Å². The molecule has 1 fully saturated rings. The molecule has 8 heteroatoms. The molecular formula is C16H23FN2O4S. The Morgan fingerprint density at radius 3 is 2.50 bits per heavy atom. The summed E-state index contributed by atoms with van der Waals surface area (Å²) in [5.74, 6) is -1.10. The van der Waals surface area contributed by atoms with Crippen LogP contribution in [0.5, 0.6) is 0 Å². The van der Waals surface area contributed by atoms with E-state index in [1.165, 1.54) is 18.2 Å². The van der Waals surface area contributed by atoms with E-state index in [9.17, 15) is 17.6 Å². The van der Waals surface area contributed by atoms with Crippen LogP contribution in [0.25, 0.3) is 0 Å². The van der Waals surface area contributed by atoms with Gasteiger partial charge in [-0.05, 0) is 38.5 Å². The number of ether oxygens (including phenoxy) is 1. The zero-order valence-corrected chi connectivity index (χ0v) is 15.0. The van der Waals surface area contributed by atoms with E-state index in [1.807, 2.05) is 0 Å². The average molecular weight is 358 g/mol. The van der Waals surface area contributed by atoms with Crippen LogP contribution >= 0.6 is 0 Å². The molecule has 6 nitrogen and oxygen atoms in total. The van der Waals surface area contributed by atoms with Gasteiger partial charge >= 0.3 is 6.09 Å². The Morgan fingerprint density at radius 2 is 2.04 bits per heavy atom. The van der Waals surface area contributed by atoms with Crippen LogP contribution in [0.2, 0.25) is 0 Å². The molecule has 0 aromatic heterocycles. The lowest BCUT2D eigenvalue weighted by Crippen LogP contribution is -2.48. The molecule has 3 N–H and O–H groups in total. The second-order valence-corrected chi connectivity index (χ2v) is 9.32. The number of halogens is 1. The largest absolute Gasteiger partial charge is 0.444 e. The molecule has 24 heavy (non-hydrogen) atoms. The van der Waals surface area contributed by atoms with Crippen molar-refractivity contribution < 1.29 is 22.3 Å². The normalized spacial score (nSPS) is 26.8. The van der Waals surface area contributed by atoms with Crippen molar-refractivity contribution in [3.8, 4) is 0 Å². The fraction of sp³-hybridized carbons (Fsp3) is 0.562. The molecule has 1 aliphatic rings. The maximum absolute atomic E-state index is 13.5. The Balaban J connectivity index is 2.37. The van der Waals surface area contributed by atoms with Crippen molar-refractivity contribution in [1.82, 2.24) is 5.32 Å². The number of nitrogens with two attached hydrogens (primary N) is 1. The Labute approximate surface area is 141 Å². The minimum absolute atomic E-state index is 0.106. The van der Waals surface area contributed by atoms with Gasteiger partial charge in [0.2, 0.25) is 0 Å². The molecule has 3 atom stereocenters. The number of carbonyl (C=O) groups is 1. The third-order valence-corrected chi connectivity index (χ3v) is 5.61. The predicted molar refractivity (Wildman–Crippen MR) is 88.9 cm³/mol. The molecule has 0 bridgehead atoms. The highest BCUT2D eigenvalue weighted by Gasteiger charge is 2.70. The van der Waals surface area contributed by atoms with E-state index in [2.05, 4.69) is 5.32 Å². The molecule has 0 saturated heterocycles. The summed E-state index contributed by atoms with van der Waals surface area (Å²) in [6.07, 6.45) is 0.332. The molecule has 0 radical (unpaired) electrons. The van der Waals surface area contributed by atoms with Crippen LogP contribution in [0.1, 0.15) is 32.3 Å². The summed E-state index contributed by atoms with van der Waals surface area (Å²) in [6.45, 7) is 5.00. The van der Waals surface area contributed by atoms with Gasteiger partial charge in [0.15, 0.2) is 9.84 Å². The minimum Gasteiger partial charge on any atom is -0.444 e. The molecule has 0 spiro atoms. The van der Waals surface area contributed by atoms with Gasteiger partial charge in [-0.15, -0.1) is 0 Å². The number of rotatable bonds is 4. The molecule has 1 aromatic rings. The van der Waals surface area contributed by atoms with Crippen molar-refractivity contribution in [3.05, 3.63) is 35.6 Å². The van der Waals surface area contributed by atoms with Crippen LogP contribution in [-0.4, -0.2) is 43.7 Å². The maximum Gasteiger partial charge on any atom is 0.408 e. The SMILES string of the molecule is CC(C)(C)OC(=O)N[C@@]1(CN)[C@H](S(C)(=O)=O)[C@@H]1c1cccc(F)c1. The number of sulfone groups is 1. The van der Waals surface area contributed by atoms with Crippen molar-refractivity contribution in [1.29, 1.82) is 0 Å². The molecule has 1 amide bonds. The van der Waals surface area contributed by atoms with E-state index in [4.69, 9.17) is 10.5 Å². The summed E-state index contributed by atoms with van der Waals surface area (Å²) in [4.78, 5) is 12.1. The highest BCUT2D eigenvalue weighted by atomic mass is 32.2. The average Bonchev–Trinajstić information content (AvgIpc) is 3.05. The molecule has 1 saturated carbocycles. The Hall–Kier alpha value is -1.67. The van der Waals surface area contributed by atoms with E-state index in [0.717, 1.165) is 6.26 Å². The molecule has 2 rings (SSSR count). The van der Waals surface area contributed by atoms with Crippen molar-refractivity contribution >= 4 is 15.9 Å². The zero-order valence-electron chi connectivity index (χ0n) is 14.2. The smallest absolute Gasteiger partial charge is 0.408 e. The summed E-state index contributed by atoms with van der Waals surface area (Å²) < 4.78 is 43.1. The van der Waals surface area contributed by atoms with Crippen molar-refractivity contribution in [2.45, 2.75) is 43.1 Å². The first-order chi connectivity index (χ1) is 10.9. The lowest BCUT2D eigenvalue weighted by atomic mass is 10.1. The molecule has 134 valence electrons. The summed E-state index contributed by atoms with van der Waals surface area (Å²) in [7, 11) is -3.52. The Bertz CT molecular complexity index is 745. The van der Waals surface area contributed by atoms with Gasteiger partial charge in [-0.25, -0.2) is 17.6 Å². The summed E-state index contributed by atoms with van der Waals surface area (Å²) in [5.41, 5.74) is 4.35. The first-order valence-corrected chi connectivity index (χ1v) is 9.52. The van der Waals surface area contributed by atoms with Crippen LogP contribution in [0, 0.1) is 5.82 Å². The van der Waals surface area contributed by atoms with E-state index < -0.39 is 44.1 Å². The molecule has 0 aliphatic heterocycles. The van der Waals surface area contributed by atoms with E-state index in [1.54, 1.807) is 26.8 Å². The van der Waals surface area contributed by atoms with Gasteiger partial charge in [0.1, 0.15) is 11.4 Å². The number of amides is 1. The first-order valence-electron chi connectivity index (χ1n) is 7.56. The van der Waals surface area contributed by atoms with Crippen LogP contribution in [-0.2, 0) is 14.6 Å². The van der Waals surface area contributed by atoms with Gasteiger partial charge in [0, 0.05) is 18.7 Å². The number of nitrogens with one attached hydrogen (secondary N) is 1. The third-order valence-electron chi connectivity index (χ3n) is 4.00. The topological polar surface area (TPSA) is 98.5 Å². The Morgan fingerprint density at radius 1 is 1.42 bits per heavy atom. The van der Waals surface area contributed by atoms with Gasteiger partial charge in [-0.3, -0.25) is 0 Å². The van der Waals surface area contributed by atoms with Crippen molar-refractivity contribution in [2.75, 3.05) is 12.8 Å². The van der Waals surface area contributed by atoms with E-state index >= 15 is 0 Å². The fourth-order valence-electron chi connectivity index (χ4n) is 3.14. The highest BCUT2D eigenvalue weighted by molar-refractivity contribution is 7.91. The van der Waals surface area contributed by atoms with E-state index in [0.29, 0.717) is 5.56 Å². The van der Waals surface area contributed by atoms with Crippen LogP contribution in [0.4, 0.5) is 9.18 Å². The zero-order chi connectivity index (χ0) is 18.3. The van der Waals surface area contributed by atoms with Crippen molar-refractivity contribution in [3.63, 3.8) is 0 Å². The molecule has 0 unspecified atom stereocenters. The molecule has 1 aliphatic carbocycles. The lowest BCUT2D eigenvalue weighted by molar-refractivity contribution is 0.0497. The molecular weight excluding hydrogens is 335 g/mol. The summed E-state index contributed by atoms with van der Waals surface area (Å²) in [5, 5.41) is 1.68. The van der Waals surface area contributed by atoms with Gasteiger partial charge in [-0.2, -0.15) is 0 Å². The maximum atomic E-state index is 13.5. The summed E-state index contributed by atoms with van der Waals surface area (Å²) >= 11 is 0. The molecule has 1 aromatic carbocycles. The number of carbonyl (C=O) groups excluding carboxylic acids is 1. The fourth-order valence-corrected chi connectivity index (χ4v) is 5.02. The minimum atomic E-state index is -3.52. The summed E-state index contributed by atoms with van der Waals surface area (Å²) in [6, 6.07) is 5.65. The number of hydrogen-bond donors (Lipinski definition) is 2. The van der Waals surface area contributed by atoms with E-state index in [-0.39, 0.29) is 6.54 Å². The first kappa shape index (κ1) is 18.7. The monoisotopic (exact) mass is 358 g/mol. The van der Waals surface area contributed by atoms with Crippen LogP contribution in [0.15, 0.2) is 24.3 Å². The second-order valence-electron chi connectivity index (χ2n) is 7.15. The van der Waals surface area contributed by atoms with Gasteiger partial charge < -0.3 is 15.8 Å². The van der Waals surface area contributed by atoms with Crippen molar-refractivity contribution in [2.24, 2.45) is 5.73 Å². The van der Waals surface area contributed by atoms with Crippen LogP contribution in [0.3, 0.4) is 0 Å².